The van der Waals surface area contributed by atoms with Crippen molar-refractivity contribution in [2.24, 2.45) is 12.1 Å². The second-order valence-electron chi connectivity index (χ2n) is 9.69. The Kier molecular flexibility index (Phi) is 8.11. The fourth-order valence-corrected chi connectivity index (χ4v) is 5.38. The minimum atomic E-state index is -4.74. The predicted octanol–water partition coefficient (Wildman–Crippen LogP) is 6.31. The summed E-state index contributed by atoms with van der Waals surface area (Å²) in [6.45, 7) is 4.78. The Morgan fingerprint density at radius 2 is 1.80 bits per heavy atom. The van der Waals surface area contributed by atoms with Crippen molar-refractivity contribution in [1.29, 1.82) is 0 Å². The average Bonchev–Trinajstić information content (AvgIpc) is 3.45. The fraction of sp³-hybridized carbons (Fsp3) is 0.276. The molecule has 0 unspecified atom stereocenters. The summed E-state index contributed by atoms with van der Waals surface area (Å²) < 4.78 is 48.5. The molecule has 0 radical (unpaired) electrons. The summed E-state index contributed by atoms with van der Waals surface area (Å²) in [5, 5.41) is 10.6. The molecule has 3 aromatic carbocycles. The van der Waals surface area contributed by atoms with Crippen molar-refractivity contribution in [1.82, 2.24) is 15.2 Å². The number of halogens is 3. The van der Waals surface area contributed by atoms with Crippen LogP contribution in [-0.2, 0) is 25.0 Å². The number of alkyl halides is 3. The van der Waals surface area contributed by atoms with Gasteiger partial charge < -0.3 is 14.9 Å². The molecule has 8 nitrogen and oxygen atoms in total. The van der Waals surface area contributed by atoms with E-state index in [0.717, 1.165) is 27.7 Å². The van der Waals surface area contributed by atoms with Crippen LogP contribution < -0.4 is 19.8 Å². The van der Waals surface area contributed by atoms with Crippen LogP contribution in [0.3, 0.4) is 0 Å². The number of nitrogens with one attached hydrogen (secondary N) is 1. The maximum atomic E-state index is 12.7. The largest absolute Gasteiger partial charge is 0.573 e. The van der Waals surface area contributed by atoms with E-state index in [9.17, 15) is 18.0 Å². The molecule has 1 aliphatic rings. The Labute approximate surface area is 239 Å². The molecular formula is C29H28F3N5O3S. The number of aryl methyl sites for hydroxylation is 1. The SMILES string of the molecule is CC(C)c1ccccc1N1C(=O)CS/C1=N\NCc1ccc2c(COc3ccc(OC(F)(F)F)cc3)nn(C)c2c1. The first-order chi connectivity index (χ1) is 19.6. The zero-order valence-corrected chi connectivity index (χ0v) is 23.4. The molecule has 0 saturated carbocycles. The molecule has 0 atom stereocenters. The molecule has 1 amide bonds. The van der Waals surface area contributed by atoms with E-state index in [-0.39, 0.29) is 24.2 Å². The first-order valence-corrected chi connectivity index (χ1v) is 13.9. The van der Waals surface area contributed by atoms with E-state index in [0.29, 0.717) is 28.9 Å². The van der Waals surface area contributed by atoms with Crippen molar-refractivity contribution in [3.05, 3.63) is 83.6 Å². The molecule has 1 aliphatic heterocycles. The second-order valence-corrected chi connectivity index (χ2v) is 10.6. The summed E-state index contributed by atoms with van der Waals surface area (Å²) in [4.78, 5) is 14.4. The van der Waals surface area contributed by atoms with Gasteiger partial charge in [0, 0.05) is 12.4 Å². The van der Waals surface area contributed by atoms with Gasteiger partial charge in [-0.05, 0) is 53.4 Å². The Morgan fingerprint density at radius 3 is 2.54 bits per heavy atom. The van der Waals surface area contributed by atoms with Gasteiger partial charge >= 0.3 is 6.36 Å². The topological polar surface area (TPSA) is 81.0 Å². The Hall–Kier alpha value is -4.19. The summed E-state index contributed by atoms with van der Waals surface area (Å²) >= 11 is 1.40. The predicted molar refractivity (Wildman–Crippen MR) is 153 cm³/mol. The van der Waals surface area contributed by atoms with Gasteiger partial charge in [0.25, 0.3) is 0 Å². The third-order valence-corrected chi connectivity index (χ3v) is 7.37. The van der Waals surface area contributed by atoms with Crippen molar-refractivity contribution < 1.29 is 27.4 Å². The quantitative estimate of drug-likeness (QED) is 0.233. The third-order valence-electron chi connectivity index (χ3n) is 6.45. The van der Waals surface area contributed by atoms with E-state index in [1.807, 2.05) is 49.5 Å². The van der Waals surface area contributed by atoms with Crippen molar-refractivity contribution in [2.45, 2.75) is 39.3 Å². The van der Waals surface area contributed by atoms with E-state index in [1.54, 1.807) is 9.58 Å². The average molecular weight is 584 g/mol. The Balaban J connectivity index is 1.25. The maximum Gasteiger partial charge on any atom is 0.573 e. The Morgan fingerprint density at radius 1 is 1.07 bits per heavy atom. The number of amides is 1. The van der Waals surface area contributed by atoms with Crippen LogP contribution in [0, 0.1) is 0 Å². The monoisotopic (exact) mass is 583 g/mol. The number of thioether (sulfide) groups is 1. The van der Waals surface area contributed by atoms with Crippen LogP contribution in [0.4, 0.5) is 18.9 Å². The number of hydrogen-bond donors (Lipinski definition) is 1. The number of carbonyl (C=O) groups excluding carboxylic acids is 1. The number of carbonyl (C=O) groups is 1. The first kappa shape index (κ1) is 28.3. The molecule has 2 heterocycles. The number of ether oxygens (including phenoxy) is 2. The van der Waals surface area contributed by atoms with Crippen LogP contribution in [0.25, 0.3) is 10.9 Å². The number of benzene rings is 3. The van der Waals surface area contributed by atoms with Gasteiger partial charge in [0.1, 0.15) is 23.8 Å². The highest BCUT2D eigenvalue weighted by Crippen LogP contribution is 2.33. The Bertz CT molecular complexity index is 1590. The standard InChI is InChI=1S/C29H28F3N5O3S/c1-18(2)22-6-4-5-7-25(22)37-27(38)17-41-28(37)34-33-15-19-8-13-23-24(35-36(3)26(23)14-19)16-39-20-9-11-21(12-10-20)40-29(30,31)32/h4-14,18,33H,15-17H2,1-3H3/b34-28-. The van der Waals surface area contributed by atoms with E-state index in [2.05, 4.69) is 34.2 Å². The maximum absolute atomic E-state index is 12.7. The van der Waals surface area contributed by atoms with E-state index >= 15 is 0 Å². The molecule has 1 fully saturated rings. The number of amidine groups is 1. The minimum absolute atomic E-state index is 0.000265. The highest BCUT2D eigenvalue weighted by atomic mass is 32.2. The molecule has 12 heteroatoms. The van der Waals surface area contributed by atoms with E-state index in [4.69, 9.17) is 4.74 Å². The number of para-hydroxylation sites is 1. The number of aromatic nitrogens is 2. The molecule has 4 aromatic rings. The molecule has 0 spiro atoms. The van der Waals surface area contributed by atoms with Crippen LogP contribution in [0.1, 0.15) is 36.6 Å². The summed E-state index contributed by atoms with van der Waals surface area (Å²) in [5.74, 6) is 0.681. The normalized spacial score (nSPS) is 14.9. The lowest BCUT2D eigenvalue weighted by Crippen LogP contribution is -2.31. The minimum Gasteiger partial charge on any atom is -0.487 e. The van der Waals surface area contributed by atoms with Crippen LogP contribution in [0.5, 0.6) is 11.5 Å². The molecule has 5 rings (SSSR count). The van der Waals surface area contributed by atoms with Gasteiger partial charge in [-0.2, -0.15) is 10.2 Å². The summed E-state index contributed by atoms with van der Waals surface area (Å²) in [6.07, 6.45) is -4.74. The molecule has 214 valence electrons. The van der Waals surface area contributed by atoms with Crippen molar-refractivity contribution >= 4 is 39.4 Å². The van der Waals surface area contributed by atoms with Gasteiger partial charge in [-0.25, -0.2) is 0 Å². The zero-order chi connectivity index (χ0) is 29.1. The zero-order valence-electron chi connectivity index (χ0n) is 22.6. The molecule has 1 aromatic heterocycles. The highest BCUT2D eigenvalue weighted by molar-refractivity contribution is 8.15. The number of hydrazone groups is 1. The number of hydrogen-bond acceptors (Lipinski definition) is 7. The number of fused-ring (bicyclic) bond motifs is 1. The number of nitrogens with zero attached hydrogens (tertiary/aromatic N) is 4. The first-order valence-electron chi connectivity index (χ1n) is 12.9. The lowest BCUT2D eigenvalue weighted by Gasteiger charge is -2.21. The van der Waals surface area contributed by atoms with Gasteiger partial charge in [0.2, 0.25) is 5.91 Å². The summed E-state index contributed by atoms with van der Waals surface area (Å²) in [6, 6.07) is 19.0. The fourth-order valence-electron chi connectivity index (χ4n) is 4.54. The smallest absolute Gasteiger partial charge is 0.487 e. The van der Waals surface area contributed by atoms with Crippen molar-refractivity contribution in [2.75, 3.05) is 10.7 Å². The van der Waals surface area contributed by atoms with Gasteiger partial charge in [0.05, 0.1) is 23.5 Å². The molecule has 0 bridgehead atoms. The highest BCUT2D eigenvalue weighted by Gasteiger charge is 2.32. The van der Waals surface area contributed by atoms with Crippen LogP contribution in [0.2, 0.25) is 0 Å². The van der Waals surface area contributed by atoms with E-state index in [1.165, 1.54) is 36.0 Å². The second kappa shape index (κ2) is 11.7. The number of anilines is 1. The van der Waals surface area contributed by atoms with Crippen LogP contribution in [0.15, 0.2) is 71.8 Å². The lowest BCUT2D eigenvalue weighted by molar-refractivity contribution is -0.274. The lowest BCUT2D eigenvalue weighted by atomic mass is 10.0. The van der Waals surface area contributed by atoms with Gasteiger partial charge in [-0.3, -0.25) is 14.4 Å². The van der Waals surface area contributed by atoms with Crippen LogP contribution in [-0.4, -0.2) is 33.0 Å². The molecule has 0 aliphatic carbocycles. The molecule has 1 N–H and O–H groups in total. The van der Waals surface area contributed by atoms with Gasteiger partial charge in [-0.1, -0.05) is 55.9 Å². The molecular weight excluding hydrogens is 555 g/mol. The number of rotatable bonds is 9. The van der Waals surface area contributed by atoms with E-state index < -0.39 is 6.36 Å². The summed E-state index contributed by atoms with van der Waals surface area (Å²) in [5.41, 5.74) is 7.61. The third kappa shape index (κ3) is 6.59. The molecule has 1 saturated heterocycles. The molecule has 41 heavy (non-hydrogen) atoms. The van der Waals surface area contributed by atoms with Gasteiger partial charge in [-0.15, -0.1) is 13.2 Å². The van der Waals surface area contributed by atoms with Crippen molar-refractivity contribution in [3.63, 3.8) is 0 Å². The van der Waals surface area contributed by atoms with Crippen LogP contribution >= 0.6 is 11.8 Å². The summed E-state index contributed by atoms with van der Waals surface area (Å²) in [7, 11) is 1.83. The van der Waals surface area contributed by atoms with Crippen molar-refractivity contribution in [3.8, 4) is 11.5 Å². The van der Waals surface area contributed by atoms with Gasteiger partial charge in [0.15, 0.2) is 5.17 Å².